The number of allylic oxidation sites excluding steroid dienone is 2. The zero-order chi connectivity index (χ0) is 15.1. The van der Waals surface area contributed by atoms with Crippen molar-refractivity contribution in [3.8, 4) is 0 Å². The van der Waals surface area contributed by atoms with Gasteiger partial charge in [-0.1, -0.05) is 24.2 Å². The Balaban J connectivity index is 2.72. The van der Waals surface area contributed by atoms with Crippen LogP contribution in [0.25, 0.3) is 0 Å². The molecule has 0 saturated carbocycles. The lowest BCUT2D eigenvalue weighted by molar-refractivity contribution is 0.124. The van der Waals surface area contributed by atoms with E-state index < -0.39 is 41.3 Å². The van der Waals surface area contributed by atoms with Crippen LogP contribution >= 0.6 is 0 Å². The lowest BCUT2D eigenvalue weighted by atomic mass is 10.2. The van der Waals surface area contributed by atoms with Crippen molar-refractivity contribution in [2.45, 2.75) is 26.4 Å². The number of rotatable bonds is 6. The maximum absolute atomic E-state index is 13.2. The Morgan fingerprint density at radius 3 is 2.00 bits per heavy atom. The molecule has 0 radical (unpaired) electrons. The van der Waals surface area contributed by atoms with Gasteiger partial charge in [-0.15, -0.1) is 0 Å². The van der Waals surface area contributed by atoms with Gasteiger partial charge in [-0.2, -0.15) is 0 Å². The molecule has 0 aliphatic carbocycles. The standard InChI is InChI=1S/C13H12F5NO/c1-2-3-4-5-6-19-20-7-8-9(14)11(16)13(18)12(17)10(8)15/h3-4,6H,2,5,7H2,1H3/b4-3-,19-6+. The average molecular weight is 293 g/mol. The van der Waals surface area contributed by atoms with Gasteiger partial charge in [0.1, 0.15) is 6.61 Å². The normalized spacial score (nSPS) is 11.7. The third kappa shape index (κ3) is 3.79. The van der Waals surface area contributed by atoms with Crippen LogP contribution in [-0.4, -0.2) is 6.21 Å². The van der Waals surface area contributed by atoms with E-state index in [1.165, 1.54) is 6.21 Å². The molecule has 0 amide bonds. The Morgan fingerprint density at radius 1 is 0.900 bits per heavy atom. The lowest BCUT2D eigenvalue weighted by Crippen LogP contribution is -2.07. The van der Waals surface area contributed by atoms with Crippen LogP contribution in [0.2, 0.25) is 0 Å². The minimum Gasteiger partial charge on any atom is -0.391 e. The molecule has 7 heteroatoms. The van der Waals surface area contributed by atoms with Gasteiger partial charge in [0.2, 0.25) is 5.82 Å². The van der Waals surface area contributed by atoms with E-state index in [1.807, 2.05) is 13.0 Å². The smallest absolute Gasteiger partial charge is 0.200 e. The van der Waals surface area contributed by atoms with E-state index in [-0.39, 0.29) is 0 Å². The fraction of sp³-hybridized carbons (Fsp3) is 0.308. The summed E-state index contributed by atoms with van der Waals surface area (Å²) < 4.78 is 64.9. The van der Waals surface area contributed by atoms with E-state index in [4.69, 9.17) is 0 Å². The molecule has 1 rings (SSSR count). The highest BCUT2D eigenvalue weighted by molar-refractivity contribution is 5.58. The molecule has 0 heterocycles. The molecule has 0 atom stereocenters. The zero-order valence-electron chi connectivity index (χ0n) is 10.6. The molecule has 0 fully saturated rings. The second-order valence-corrected chi connectivity index (χ2v) is 3.73. The fourth-order valence-electron chi connectivity index (χ4n) is 1.30. The van der Waals surface area contributed by atoms with Gasteiger partial charge < -0.3 is 4.84 Å². The molecule has 0 spiro atoms. The lowest BCUT2D eigenvalue weighted by Gasteiger charge is -2.06. The molecular weight excluding hydrogens is 281 g/mol. The van der Waals surface area contributed by atoms with Crippen LogP contribution in [0.5, 0.6) is 0 Å². The van der Waals surface area contributed by atoms with Crippen molar-refractivity contribution in [3.63, 3.8) is 0 Å². The van der Waals surface area contributed by atoms with Crippen molar-refractivity contribution < 1.29 is 26.8 Å². The molecular formula is C13H12F5NO. The molecule has 0 aromatic heterocycles. The van der Waals surface area contributed by atoms with Crippen LogP contribution < -0.4 is 0 Å². The monoisotopic (exact) mass is 293 g/mol. The summed E-state index contributed by atoms with van der Waals surface area (Å²) in [6.07, 6.45) is 6.24. The Morgan fingerprint density at radius 2 is 1.45 bits per heavy atom. The van der Waals surface area contributed by atoms with Crippen LogP contribution in [-0.2, 0) is 11.4 Å². The maximum Gasteiger partial charge on any atom is 0.200 e. The molecule has 20 heavy (non-hydrogen) atoms. The van der Waals surface area contributed by atoms with Crippen LogP contribution in [0.15, 0.2) is 17.3 Å². The number of oxime groups is 1. The summed E-state index contributed by atoms with van der Waals surface area (Å²) in [6.45, 7) is 1.09. The molecule has 2 nitrogen and oxygen atoms in total. The van der Waals surface area contributed by atoms with E-state index in [9.17, 15) is 22.0 Å². The van der Waals surface area contributed by atoms with Gasteiger partial charge in [-0.3, -0.25) is 0 Å². The predicted octanol–water partition coefficient (Wildman–Crippen LogP) is 4.24. The summed E-state index contributed by atoms with van der Waals surface area (Å²) in [4.78, 5) is 4.51. The highest BCUT2D eigenvalue weighted by Gasteiger charge is 2.25. The van der Waals surface area contributed by atoms with Crippen LogP contribution in [0, 0.1) is 29.1 Å². The second kappa shape index (κ2) is 7.62. The molecule has 1 aromatic carbocycles. The van der Waals surface area contributed by atoms with Gasteiger partial charge >= 0.3 is 0 Å². The Bertz CT molecular complexity index is 499. The SMILES string of the molecule is CC/C=C\C/C=N/OCc1c(F)c(F)c(F)c(F)c1F. The largest absolute Gasteiger partial charge is 0.391 e. The van der Waals surface area contributed by atoms with E-state index in [0.717, 1.165) is 6.42 Å². The molecule has 0 N–H and O–H groups in total. The summed E-state index contributed by atoms with van der Waals surface area (Å²) in [5.41, 5.74) is -1.05. The van der Waals surface area contributed by atoms with Crippen molar-refractivity contribution >= 4 is 6.21 Å². The fourth-order valence-corrected chi connectivity index (χ4v) is 1.30. The average Bonchev–Trinajstić information content (AvgIpc) is 2.45. The topological polar surface area (TPSA) is 21.6 Å². The van der Waals surface area contributed by atoms with Gasteiger partial charge in [0, 0.05) is 12.6 Å². The molecule has 0 aliphatic heterocycles. The predicted molar refractivity (Wildman–Crippen MR) is 63.6 cm³/mol. The van der Waals surface area contributed by atoms with E-state index in [1.54, 1.807) is 6.08 Å². The third-order valence-electron chi connectivity index (χ3n) is 2.30. The number of benzene rings is 1. The summed E-state index contributed by atoms with van der Waals surface area (Å²) in [7, 11) is 0. The summed E-state index contributed by atoms with van der Waals surface area (Å²) in [5, 5.41) is 3.35. The minimum absolute atomic E-state index is 0.435. The Kier molecular flexibility index (Phi) is 6.14. The zero-order valence-corrected chi connectivity index (χ0v) is 10.6. The highest BCUT2D eigenvalue weighted by Crippen LogP contribution is 2.23. The van der Waals surface area contributed by atoms with Gasteiger partial charge in [0.25, 0.3) is 0 Å². The van der Waals surface area contributed by atoms with Crippen molar-refractivity contribution in [2.75, 3.05) is 0 Å². The van der Waals surface area contributed by atoms with Crippen LogP contribution in [0.1, 0.15) is 25.3 Å². The molecule has 1 aromatic rings. The van der Waals surface area contributed by atoms with Crippen molar-refractivity contribution in [2.24, 2.45) is 5.16 Å². The Labute approximate surface area is 112 Å². The third-order valence-corrected chi connectivity index (χ3v) is 2.30. The summed E-state index contributed by atoms with van der Waals surface area (Å²) in [5.74, 6) is -10.0. The van der Waals surface area contributed by atoms with Gasteiger partial charge in [-0.25, -0.2) is 22.0 Å². The summed E-state index contributed by atoms with van der Waals surface area (Å²) >= 11 is 0. The Hall–Kier alpha value is -1.92. The van der Waals surface area contributed by atoms with E-state index >= 15 is 0 Å². The van der Waals surface area contributed by atoms with Crippen LogP contribution in [0.4, 0.5) is 22.0 Å². The van der Waals surface area contributed by atoms with E-state index in [0.29, 0.717) is 6.42 Å². The summed E-state index contributed by atoms with van der Waals surface area (Å²) in [6, 6.07) is 0. The minimum atomic E-state index is -2.20. The maximum atomic E-state index is 13.2. The van der Waals surface area contributed by atoms with Crippen molar-refractivity contribution in [3.05, 3.63) is 46.8 Å². The molecule has 0 bridgehead atoms. The van der Waals surface area contributed by atoms with Gasteiger partial charge in [-0.05, 0) is 6.42 Å². The first kappa shape index (κ1) is 16.1. The van der Waals surface area contributed by atoms with Crippen LogP contribution in [0.3, 0.4) is 0 Å². The molecule has 110 valence electrons. The number of halogens is 5. The second-order valence-electron chi connectivity index (χ2n) is 3.73. The first-order valence-electron chi connectivity index (χ1n) is 5.79. The molecule has 0 aliphatic rings. The first-order chi connectivity index (χ1) is 9.50. The quantitative estimate of drug-likeness (QED) is 0.192. The highest BCUT2D eigenvalue weighted by atomic mass is 19.2. The molecule has 0 unspecified atom stereocenters. The number of hydrogen-bond acceptors (Lipinski definition) is 2. The molecule has 0 saturated heterocycles. The van der Waals surface area contributed by atoms with Crippen molar-refractivity contribution in [1.82, 2.24) is 0 Å². The first-order valence-corrected chi connectivity index (χ1v) is 5.79. The van der Waals surface area contributed by atoms with Gasteiger partial charge in [0.05, 0.1) is 5.56 Å². The number of hydrogen-bond donors (Lipinski definition) is 0. The van der Waals surface area contributed by atoms with Crippen molar-refractivity contribution in [1.29, 1.82) is 0 Å². The van der Waals surface area contributed by atoms with Gasteiger partial charge in [0.15, 0.2) is 23.3 Å². The van der Waals surface area contributed by atoms with E-state index in [2.05, 4.69) is 9.99 Å². The number of nitrogens with zero attached hydrogens (tertiary/aromatic N) is 1.